The molecule has 0 aromatic heterocycles. The molecular formula is C21H32O4. The number of para-hydroxylation sites is 2. The van der Waals surface area contributed by atoms with Crippen molar-refractivity contribution >= 4 is 11.9 Å². The highest BCUT2D eigenvalue weighted by molar-refractivity contribution is 5.75. The van der Waals surface area contributed by atoms with Gasteiger partial charge in [-0.15, -0.1) is 0 Å². The number of ether oxygens (including phenoxy) is 2. The first-order valence-electron chi connectivity index (χ1n) is 9.53. The molecule has 0 saturated heterocycles. The van der Waals surface area contributed by atoms with Crippen LogP contribution in [0.25, 0.3) is 0 Å². The Hall–Kier alpha value is -1.84. The lowest BCUT2D eigenvalue weighted by atomic mass is 10.0. The van der Waals surface area contributed by atoms with Crippen LogP contribution in [0.2, 0.25) is 0 Å². The van der Waals surface area contributed by atoms with E-state index in [1.807, 2.05) is 0 Å². The van der Waals surface area contributed by atoms with Crippen LogP contribution in [0.15, 0.2) is 24.3 Å². The largest absolute Gasteiger partial charge is 0.423 e. The van der Waals surface area contributed by atoms with Crippen molar-refractivity contribution in [2.45, 2.75) is 78.6 Å². The number of benzene rings is 1. The van der Waals surface area contributed by atoms with E-state index in [1.165, 1.54) is 25.7 Å². The first kappa shape index (κ1) is 21.2. The van der Waals surface area contributed by atoms with Crippen LogP contribution in [-0.4, -0.2) is 11.9 Å². The molecule has 0 amide bonds. The van der Waals surface area contributed by atoms with Gasteiger partial charge in [0.25, 0.3) is 0 Å². The Morgan fingerprint density at radius 1 is 0.840 bits per heavy atom. The highest BCUT2D eigenvalue weighted by Crippen LogP contribution is 2.27. The number of esters is 2. The van der Waals surface area contributed by atoms with Crippen molar-refractivity contribution in [2.24, 2.45) is 5.92 Å². The van der Waals surface area contributed by atoms with Crippen LogP contribution in [0.4, 0.5) is 0 Å². The first-order chi connectivity index (χ1) is 12.0. The average molecular weight is 348 g/mol. The first-order valence-corrected chi connectivity index (χ1v) is 9.53. The minimum Gasteiger partial charge on any atom is -0.423 e. The van der Waals surface area contributed by atoms with Crippen LogP contribution >= 0.6 is 0 Å². The summed E-state index contributed by atoms with van der Waals surface area (Å²) in [5.41, 5.74) is 0. The zero-order valence-corrected chi connectivity index (χ0v) is 15.9. The van der Waals surface area contributed by atoms with Gasteiger partial charge in [0, 0.05) is 12.8 Å². The molecule has 0 N–H and O–H groups in total. The van der Waals surface area contributed by atoms with Gasteiger partial charge in [0.15, 0.2) is 11.5 Å². The number of carbonyl (C=O) groups excluding carboxylic acids is 2. The van der Waals surface area contributed by atoms with Gasteiger partial charge in [0.05, 0.1) is 0 Å². The molecule has 1 aromatic rings. The molecule has 0 radical (unpaired) electrons. The van der Waals surface area contributed by atoms with Crippen molar-refractivity contribution in [2.75, 3.05) is 0 Å². The molecule has 0 aliphatic heterocycles. The standard InChI is InChI=1S/C21H32O4/c1-4-20(22)24-18-14-11-12-15-19(18)25-21(23)16-10-8-6-5-7-9-13-17(2)3/h11-12,14-15,17H,4-10,13,16H2,1-3H3. The molecule has 0 saturated carbocycles. The van der Waals surface area contributed by atoms with Gasteiger partial charge < -0.3 is 9.47 Å². The Balaban J connectivity index is 2.23. The van der Waals surface area contributed by atoms with Gasteiger partial charge in [-0.3, -0.25) is 9.59 Å². The molecule has 0 heterocycles. The highest BCUT2D eigenvalue weighted by atomic mass is 16.6. The molecule has 4 nitrogen and oxygen atoms in total. The van der Waals surface area contributed by atoms with Gasteiger partial charge in [-0.1, -0.05) is 71.4 Å². The smallest absolute Gasteiger partial charge is 0.311 e. The van der Waals surface area contributed by atoms with Crippen LogP contribution in [0.1, 0.15) is 78.6 Å². The van der Waals surface area contributed by atoms with Crippen molar-refractivity contribution in [1.29, 1.82) is 0 Å². The molecular weight excluding hydrogens is 316 g/mol. The normalized spacial score (nSPS) is 10.7. The summed E-state index contributed by atoms with van der Waals surface area (Å²) in [5, 5.41) is 0. The second kappa shape index (κ2) is 12.5. The lowest BCUT2D eigenvalue weighted by molar-refractivity contribution is -0.137. The Bertz CT molecular complexity index is 522. The van der Waals surface area contributed by atoms with Gasteiger partial charge in [-0.05, 0) is 24.5 Å². The van der Waals surface area contributed by atoms with Gasteiger partial charge in [0.1, 0.15) is 0 Å². The molecule has 1 rings (SSSR count). The maximum Gasteiger partial charge on any atom is 0.311 e. The number of hydrogen-bond donors (Lipinski definition) is 0. The minimum absolute atomic E-state index is 0.277. The van der Waals surface area contributed by atoms with Crippen molar-refractivity contribution < 1.29 is 19.1 Å². The van der Waals surface area contributed by atoms with E-state index in [9.17, 15) is 9.59 Å². The fourth-order valence-corrected chi connectivity index (χ4v) is 2.52. The van der Waals surface area contributed by atoms with Crippen molar-refractivity contribution in [3.63, 3.8) is 0 Å². The summed E-state index contributed by atoms with van der Waals surface area (Å²) in [6.45, 7) is 6.24. The lowest BCUT2D eigenvalue weighted by Gasteiger charge is -2.09. The lowest BCUT2D eigenvalue weighted by Crippen LogP contribution is -2.11. The molecule has 1 aromatic carbocycles. The molecule has 0 aliphatic carbocycles. The molecule has 0 aliphatic rings. The maximum atomic E-state index is 12.0. The number of carbonyl (C=O) groups is 2. The monoisotopic (exact) mass is 348 g/mol. The SMILES string of the molecule is CCC(=O)Oc1ccccc1OC(=O)CCCCCCCCC(C)C. The van der Waals surface area contributed by atoms with Gasteiger partial charge >= 0.3 is 11.9 Å². The number of unbranched alkanes of at least 4 members (excludes halogenated alkanes) is 5. The molecule has 4 heteroatoms. The molecule has 0 atom stereocenters. The van der Waals surface area contributed by atoms with Crippen molar-refractivity contribution in [3.05, 3.63) is 24.3 Å². The summed E-state index contributed by atoms with van der Waals surface area (Å²) in [6, 6.07) is 6.77. The quantitative estimate of drug-likeness (QED) is 0.277. The van der Waals surface area contributed by atoms with E-state index in [2.05, 4.69) is 13.8 Å². The van der Waals surface area contributed by atoms with E-state index < -0.39 is 0 Å². The van der Waals surface area contributed by atoms with Gasteiger partial charge in [0.2, 0.25) is 0 Å². The molecule has 0 unspecified atom stereocenters. The van der Waals surface area contributed by atoms with E-state index in [-0.39, 0.29) is 18.4 Å². The Morgan fingerprint density at radius 3 is 1.92 bits per heavy atom. The average Bonchev–Trinajstić information content (AvgIpc) is 2.58. The van der Waals surface area contributed by atoms with E-state index in [1.54, 1.807) is 31.2 Å². The predicted octanol–water partition coefficient (Wildman–Crippen LogP) is 5.68. The third-order valence-electron chi connectivity index (χ3n) is 4.00. The van der Waals surface area contributed by atoms with E-state index in [0.717, 1.165) is 25.2 Å². The maximum absolute atomic E-state index is 12.0. The molecule has 140 valence electrons. The second-order valence-electron chi connectivity index (χ2n) is 6.80. The van der Waals surface area contributed by atoms with E-state index >= 15 is 0 Å². The zero-order valence-electron chi connectivity index (χ0n) is 15.9. The highest BCUT2D eigenvalue weighted by Gasteiger charge is 2.12. The Kier molecular flexibility index (Phi) is 10.6. The fourth-order valence-electron chi connectivity index (χ4n) is 2.52. The predicted molar refractivity (Wildman–Crippen MR) is 99.8 cm³/mol. The summed E-state index contributed by atoms with van der Waals surface area (Å²) in [6.07, 6.45) is 8.82. The number of hydrogen-bond acceptors (Lipinski definition) is 4. The minimum atomic E-state index is -0.346. The third-order valence-corrected chi connectivity index (χ3v) is 4.00. The van der Waals surface area contributed by atoms with E-state index in [0.29, 0.717) is 17.9 Å². The van der Waals surface area contributed by atoms with Crippen LogP contribution < -0.4 is 9.47 Å². The molecule has 25 heavy (non-hydrogen) atoms. The molecule has 0 spiro atoms. The summed E-state index contributed by atoms with van der Waals surface area (Å²) in [5.74, 6) is 0.769. The molecule has 0 fully saturated rings. The van der Waals surface area contributed by atoms with Crippen molar-refractivity contribution in [3.8, 4) is 11.5 Å². The number of rotatable bonds is 12. The topological polar surface area (TPSA) is 52.6 Å². The summed E-state index contributed by atoms with van der Waals surface area (Å²) in [7, 11) is 0. The van der Waals surface area contributed by atoms with Crippen LogP contribution in [-0.2, 0) is 9.59 Å². The molecule has 0 bridgehead atoms. The van der Waals surface area contributed by atoms with Crippen molar-refractivity contribution in [1.82, 2.24) is 0 Å². The van der Waals surface area contributed by atoms with Crippen LogP contribution in [0.5, 0.6) is 11.5 Å². The third kappa shape index (κ3) is 9.90. The Morgan fingerprint density at radius 2 is 1.36 bits per heavy atom. The van der Waals surface area contributed by atoms with Gasteiger partial charge in [-0.2, -0.15) is 0 Å². The second-order valence-corrected chi connectivity index (χ2v) is 6.80. The van der Waals surface area contributed by atoms with E-state index in [4.69, 9.17) is 9.47 Å². The van der Waals surface area contributed by atoms with Crippen LogP contribution in [0, 0.1) is 5.92 Å². The van der Waals surface area contributed by atoms with Gasteiger partial charge in [-0.25, -0.2) is 0 Å². The summed E-state index contributed by atoms with van der Waals surface area (Å²) < 4.78 is 10.5. The van der Waals surface area contributed by atoms with Crippen LogP contribution in [0.3, 0.4) is 0 Å². The summed E-state index contributed by atoms with van der Waals surface area (Å²) >= 11 is 0. The zero-order chi connectivity index (χ0) is 18.5. The Labute approximate surface area is 151 Å². The fraction of sp³-hybridized carbons (Fsp3) is 0.619. The summed E-state index contributed by atoms with van der Waals surface area (Å²) in [4.78, 5) is 23.4.